The molecule has 0 aliphatic rings. The summed E-state index contributed by atoms with van der Waals surface area (Å²) >= 11 is 0. The van der Waals surface area contributed by atoms with Gasteiger partial charge in [0.05, 0.1) is 5.56 Å². The van der Waals surface area contributed by atoms with E-state index in [1.54, 1.807) is 18.2 Å². The maximum Gasteiger partial charge on any atom is 0.406 e. The quantitative estimate of drug-likeness (QED) is 0.900. The van der Waals surface area contributed by atoms with Gasteiger partial charge < -0.3 is 10.2 Å². The number of aryl methyl sites for hydroxylation is 1. The van der Waals surface area contributed by atoms with E-state index in [-0.39, 0.29) is 5.56 Å². The second-order valence-corrected chi connectivity index (χ2v) is 4.75. The summed E-state index contributed by atoms with van der Waals surface area (Å²) in [6.07, 6.45) is -3.54. The van der Waals surface area contributed by atoms with Crippen molar-refractivity contribution in [1.82, 2.24) is 4.90 Å². The van der Waals surface area contributed by atoms with E-state index < -0.39 is 18.6 Å². The Morgan fingerprint density at radius 1 is 1.35 bits per heavy atom. The summed E-state index contributed by atoms with van der Waals surface area (Å²) in [5.74, 6) is -0.638. The maximum absolute atomic E-state index is 12.3. The molecule has 0 radical (unpaired) electrons. The van der Waals surface area contributed by atoms with Gasteiger partial charge in [-0.05, 0) is 31.0 Å². The summed E-state index contributed by atoms with van der Waals surface area (Å²) in [5, 5.41) is 3.07. The van der Waals surface area contributed by atoms with Crippen LogP contribution in [0.4, 0.5) is 18.9 Å². The van der Waals surface area contributed by atoms with Crippen molar-refractivity contribution in [3.05, 3.63) is 29.3 Å². The van der Waals surface area contributed by atoms with Crippen LogP contribution in [0.2, 0.25) is 0 Å². The van der Waals surface area contributed by atoms with Crippen molar-refractivity contribution in [3.8, 4) is 0 Å². The first kappa shape index (κ1) is 16.3. The Kier molecular flexibility index (Phi) is 5.42. The molecule has 1 rings (SSSR count). The molecule has 3 nitrogen and oxygen atoms in total. The zero-order valence-electron chi connectivity index (χ0n) is 11.8. The molecule has 0 fully saturated rings. The van der Waals surface area contributed by atoms with Crippen molar-refractivity contribution in [2.24, 2.45) is 0 Å². The molecular weight excluding hydrogens is 269 g/mol. The van der Waals surface area contributed by atoms with E-state index in [0.717, 1.165) is 19.0 Å². The minimum Gasteiger partial charge on any atom is -0.384 e. The van der Waals surface area contributed by atoms with E-state index in [0.29, 0.717) is 17.1 Å². The number of nitrogens with zero attached hydrogens (tertiary/aromatic N) is 1. The normalized spacial score (nSPS) is 11.3. The van der Waals surface area contributed by atoms with Gasteiger partial charge in [0.15, 0.2) is 0 Å². The van der Waals surface area contributed by atoms with Crippen LogP contribution in [0.15, 0.2) is 18.2 Å². The first-order valence-corrected chi connectivity index (χ1v) is 6.41. The van der Waals surface area contributed by atoms with Crippen LogP contribution in [0.25, 0.3) is 0 Å². The number of benzene rings is 1. The number of alkyl halides is 3. The van der Waals surface area contributed by atoms with Gasteiger partial charge in [0.25, 0.3) is 5.91 Å². The molecule has 112 valence electrons. The van der Waals surface area contributed by atoms with Crippen LogP contribution in [0, 0.1) is 6.92 Å². The van der Waals surface area contributed by atoms with E-state index in [9.17, 15) is 18.0 Å². The Morgan fingerprint density at radius 2 is 2.00 bits per heavy atom. The predicted molar refractivity (Wildman–Crippen MR) is 73.0 cm³/mol. The van der Waals surface area contributed by atoms with Gasteiger partial charge in [0.2, 0.25) is 0 Å². The zero-order chi connectivity index (χ0) is 15.3. The highest BCUT2D eigenvalue weighted by Gasteiger charge is 2.32. The summed E-state index contributed by atoms with van der Waals surface area (Å²) in [6.45, 7) is 3.24. The summed E-state index contributed by atoms with van der Waals surface area (Å²) in [4.78, 5) is 12.8. The van der Waals surface area contributed by atoms with Gasteiger partial charge in [0.1, 0.15) is 6.54 Å². The average Bonchev–Trinajstić information content (AvgIpc) is 2.33. The minimum absolute atomic E-state index is 0.260. The lowest BCUT2D eigenvalue weighted by atomic mass is 10.1. The topological polar surface area (TPSA) is 32.3 Å². The average molecular weight is 288 g/mol. The molecule has 1 aromatic rings. The predicted octanol–water partition coefficient (Wildman–Crippen LogP) is 3.45. The monoisotopic (exact) mass is 288 g/mol. The summed E-state index contributed by atoms with van der Waals surface area (Å²) in [7, 11) is 1.15. The number of carbonyl (C=O) groups is 1. The standard InChI is InChI=1S/C14H19F3N2O/c1-4-7-18-12-8-10(2)5-6-11(12)13(20)19(3)9-14(15,16)17/h5-6,8,18H,4,7,9H2,1-3H3. The number of halogens is 3. The molecule has 0 atom stereocenters. The number of anilines is 1. The van der Waals surface area contributed by atoms with Gasteiger partial charge in [0, 0.05) is 19.3 Å². The molecule has 1 N–H and O–H groups in total. The van der Waals surface area contributed by atoms with Crippen LogP contribution in [-0.4, -0.2) is 37.1 Å². The Morgan fingerprint density at radius 3 is 2.55 bits per heavy atom. The highest BCUT2D eigenvalue weighted by molar-refractivity contribution is 5.99. The van der Waals surface area contributed by atoms with Crippen LogP contribution in [0.3, 0.4) is 0 Å². The van der Waals surface area contributed by atoms with Gasteiger partial charge in [-0.25, -0.2) is 0 Å². The Bertz CT molecular complexity index is 472. The van der Waals surface area contributed by atoms with E-state index in [1.807, 2.05) is 13.8 Å². The van der Waals surface area contributed by atoms with Gasteiger partial charge in [-0.15, -0.1) is 0 Å². The fourth-order valence-electron chi connectivity index (χ4n) is 1.80. The van der Waals surface area contributed by atoms with Crippen molar-refractivity contribution in [2.75, 3.05) is 25.5 Å². The Labute approximate surface area is 116 Å². The molecule has 0 unspecified atom stereocenters. The zero-order valence-corrected chi connectivity index (χ0v) is 11.8. The molecule has 1 aromatic carbocycles. The van der Waals surface area contributed by atoms with Gasteiger partial charge >= 0.3 is 6.18 Å². The van der Waals surface area contributed by atoms with E-state index in [2.05, 4.69) is 5.32 Å². The third-order valence-corrected chi connectivity index (χ3v) is 2.73. The van der Waals surface area contributed by atoms with Crippen LogP contribution < -0.4 is 5.32 Å². The molecule has 0 heterocycles. The highest BCUT2D eigenvalue weighted by atomic mass is 19.4. The molecular formula is C14H19F3N2O. The fraction of sp³-hybridized carbons (Fsp3) is 0.500. The molecule has 0 aliphatic heterocycles. The molecule has 0 saturated carbocycles. The van der Waals surface area contributed by atoms with E-state index in [1.165, 1.54) is 0 Å². The lowest BCUT2D eigenvalue weighted by Gasteiger charge is -2.21. The number of rotatable bonds is 5. The number of amides is 1. The first-order chi connectivity index (χ1) is 9.24. The summed E-state index contributed by atoms with van der Waals surface area (Å²) < 4.78 is 37.0. The van der Waals surface area contributed by atoms with Crippen LogP contribution in [0.1, 0.15) is 29.3 Å². The third-order valence-electron chi connectivity index (χ3n) is 2.73. The van der Waals surface area contributed by atoms with Crippen LogP contribution in [0.5, 0.6) is 0 Å². The Hall–Kier alpha value is -1.72. The number of hydrogen-bond acceptors (Lipinski definition) is 2. The van der Waals surface area contributed by atoms with Crippen LogP contribution >= 0.6 is 0 Å². The third kappa shape index (κ3) is 4.75. The van der Waals surface area contributed by atoms with E-state index in [4.69, 9.17) is 0 Å². The van der Waals surface area contributed by atoms with Crippen molar-refractivity contribution in [1.29, 1.82) is 0 Å². The molecule has 0 aliphatic carbocycles. The van der Waals surface area contributed by atoms with Gasteiger partial charge in [-0.3, -0.25) is 4.79 Å². The number of carbonyl (C=O) groups excluding carboxylic acids is 1. The number of hydrogen-bond donors (Lipinski definition) is 1. The van der Waals surface area contributed by atoms with Crippen molar-refractivity contribution in [2.45, 2.75) is 26.4 Å². The molecule has 0 aromatic heterocycles. The molecule has 0 spiro atoms. The molecule has 0 saturated heterocycles. The van der Waals surface area contributed by atoms with Crippen molar-refractivity contribution >= 4 is 11.6 Å². The lowest BCUT2D eigenvalue weighted by Crippen LogP contribution is -2.36. The van der Waals surface area contributed by atoms with Crippen molar-refractivity contribution < 1.29 is 18.0 Å². The molecule has 1 amide bonds. The van der Waals surface area contributed by atoms with Gasteiger partial charge in [-0.1, -0.05) is 13.0 Å². The van der Waals surface area contributed by atoms with E-state index >= 15 is 0 Å². The second-order valence-electron chi connectivity index (χ2n) is 4.75. The maximum atomic E-state index is 12.3. The first-order valence-electron chi connectivity index (χ1n) is 6.41. The summed E-state index contributed by atoms with van der Waals surface area (Å²) in [5.41, 5.74) is 1.78. The lowest BCUT2D eigenvalue weighted by molar-refractivity contribution is -0.138. The Balaban J connectivity index is 2.96. The summed E-state index contributed by atoms with van der Waals surface area (Å²) in [6, 6.07) is 5.04. The van der Waals surface area contributed by atoms with Crippen molar-refractivity contribution in [3.63, 3.8) is 0 Å². The smallest absolute Gasteiger partial charge is 0.384 e. The largest absolute Gasteiger partial charge is 0.406 e. The second kappa shape index (κ2) is 6.63. The fourth-order valence-corrected chi connectivity index (χ4v) is 1.80. The molecule has 6 heteroatoms. The van der Waals surface area contributed by atoms with Crippen LogP contribution in [-0.2, 0) is 0 Å². The highest BCUT2D eigenvalue weighted by Crippen LogP contribution is 2.22. The SMILES string of the molecule is CCCNc1cc(C)ccc1C(=O)N(C)CC(F)(F)F. The minimum atomic E-state index is -4.40. The van der Waals surface area contributed by atoms with Gasteiger partial charge in [-0.2, -0.15) is 13.2 Å². The molecule has 20 heavy (non-hydrogen) atoms. The number of nitrogens with one attached hydrogen (secondary N) is 1. The molecule has 0 bridgehead atoms.